The number of hydrogen-bond donors (Lipinski definition) is 3. The van der Waals surface area contributed by atoms with E-state index in [9.17, 15) is 8.42 Å². The van der Waals surface area contributed by atoms with Crippen molar-refractivity contribution in [3.63, 3.8) is 0 Å². The van der Waals surface area contributed by atoms with Crippen molar-refractivity contribution in [1.82, 2.24) is 15.2 Å². The Kier molecular flexibility index (Phi) is 2.79. The van der Waals surface area contributed by atoms with Crippen molar-refractivity contribution in [2.45, 2.75) is 4.90 Å². The van der Waals surface area contributed by atoms with Crippen molar-refractivity contribution in [3.8, 4) is 0 Å². The van der Waals surface area contributed by atoms with E-state index in [1.165, 1.54) is 18.5 Å². The van der Waals surface area contributed by atoms with Crippen LogP contribution in [0.3, 0.4) is 0 Å². The second kappa shape index (κ2) is 4.49. The number of sulfonamides is 1. The van der Waals surface area contributed by atoms with Crippen LogP contribution < -0.4 is 10.5 Å². The summed E-state index contributed by atoms with van der Waals surface area (Å²) in [5, 5.41) is 7.89. The van der Waals surface area contributed by atoms with Gasteiger partial charge in [-0.2, -0.15) is 5.10 Å². The molecule has 0 saturated heterocycles. The number of aromatic amines is 1. The molecule has 2 heterocycles. The Bertz CT molecular complexity index is 858. The summed E-state index contributed by atoms with van der Waals surface area (Å²) in [6, 6.07) is 8.11. The van der Waals surface area contributed by atoms with E-state index in [1.54, 1.807) is 24.3 Å². The number of benzene rings is 1. The van der Waals surface area contributed by atoms with E-state index in [1.807, 2.05) is 0 Å². The van der Waals surface area contributed by atoms with Gasteiger partial charge in [-0.15, -0.1) is 5.10 Å². The van der Waals surface area contributed by atoms with E-state index in [-0.39, 0.29) is 10.7 Å². The molecule has 1 aromatic carbocycles. The normalized spacial score (nSPS) is 11.6. The molecule has 0 saturated carbocycles. The van der Waals surface area contributed by atoms with Crippen LogP contribution in [0.15, 0.2) is 47.6 Å². The molecule has 2 aromatic heterocycles. The third kappa shape index (κ3) is 2.16. The molecule has 0 aliphatic carbocycles. The first-order chi connectivity index (χ1) is 9.56. The Hall–Kier alpha value is -2.61. The maximum absolute atomic E-state index is 12.3. The quantitative estimate of drug-likeness (QED) is 0.630. The first-order valence-corrected chi connectivity index (χ1v) is 7.22. The molecule has 0 fully saturated rings. The van der Waals surface area contributed by atoms with Gasteiger partial charge in [-0.3, -0.25) is 4.72 Å². The van der Waals surface area contributed by atoms with E-state index in [0.717, 1.165) is 0 Å². The summed E-state index contributed by atoms with van der Waals surface area (Å²) in [5.74, 6) is 0.164. The number of aromatic nitrogens is 3. The lowest BCUT2D eigenvalue weighted by atomic mass is 10.2. The molecule has 0 aliphatic rings. The van der Waals surface area contributed by atoms with E-state index >= 15 is 0 Å². The van der Waals surface area contributed by atoms with Crippen LogP contribution in [0.5, 0.6) is 0 Å². The Morgan fingerprint density at radius 1 is 1.25 bits per heavy atom. The summed E-state index contributed by atoms with van der Waals surface area (Å²) in [5.41, 5.74) is 6.88. The van der Waals surface area contributed by atoms with Gasteiger partial charge in [-0.1, -0.05) is 0 Å². The van der Waals surface area contributed by atoms with Gasteiger partial charge in [-0.25, -0.2) is 8.42 Å². The molecular formula is C12H11N5O2S. The summed E-state index contributed by atoms with van der Waals surface area (Å²) < 4.78 is 27.0. The lowest BCUT2D eigenvalue weighted by Crippen LogP contribution is -2.13. The molecule has 0 aliphatic heterocycles. The smallest absolute Gasteiger partial charge is 0.265 e. The molecule has 3 aromatic rings. The second-order valence-corrected chi connectivity index (χ2v) is 5.82. The molecule has 0 unspecified atom stereocenters. The molecule has 3 rings (SSSR count). The number of nitrogen functional groups attached to an aromatic ring is 1. The van der Waals surface area contributed by atoms with Crippen molar-refractivity contribution in [2.75, 3.05) is 10.5 Å². The van der Waals surface area contributed by atoms with Crippen LogP contribution in [0.25, 0.3) is 10.9 Å². The number of nitrogens with zero attached hydrogens (tertiary/aromatic N) is 2. The van der Waals surface area contributed by atoms with Crippen LogP contribution >= 0.6 is 0 Å². The topological polar surface area (TPSA) is 114 Å². The summed E-state index contributed by atoms with van der Waals surface area (Å²) >= 11 is 0. The van der Waals surface area contributed by atoms with Gasteiger partial charge in [0.15, 0.2) is 5.82 Å². The molecule has 102 valence electrons. The fourth-order valence-corrected chi connectivity index (χ4v) is 3.06. The highest BCUT2D eigenvalue weighted by atomic mass is 32.2. The predicted octanol–water partition coefficient (Wildman–Crippen LogP) is 1.34. The van der Waals surface area contributed by atoms with Crippen LogP contribution in [0, 0.1) is 0 Å². The van der Waals surface area contributed by atoms with Crippen molar-refractivity contribution >= 4 is 32.4 Å². The first kappa shape index (κ1) is 12.4. The number of nitrogens with one attached hydrogen (secondary N) is 2. The second-order valence-electron chi connectivity index (χ2n) is 4.17. The maximum Gasteiger partial charge on any atom is 0.265 e. The standard InChI is InChI=1S/C12H11N5O2S/c13-8-3-4-9-10(6-8)14-7-11(9)20(18,19)17-12-2-1-5-15-16-12/h1-7,14H,13H2,(H,16,17). The Balaban J connectivity index is 2.06. The van der Waals surface area contributed by atoms with E-state index in [2.05, 4.69) is 19.9 Å². The van der Waals surface area contributed by atoms with Crippen LogP contribution in [0.4, 0.5) is 11.5 Å². The zero-order valence-electron chi connectivity index (χ0n) is 10.2. The highest BCUT2D eigenvalue weighted by Gasteiger charge is 2.19. The van der Waals surface area contributed by atoms with E-state index < -0.39 is 10.0 Å². The summed E-state index contributed by atoms with van der Waals surface area (Å²) in [7, 11) is -3.73. The highest BCUT2D eigenvalue weighted by Crippen LogP contribution is 2.25. The molecule has 8 heteroatoms. The van der Waals surface area contributed by atoms with Crippen molar-refractivity contribution in [2.24, 2.45) is 0 Å². The Morgan fingerprint density at radius 3 is 2.85 bits per heavy atom. The minimum atomic E-state index is -3.73. The summed E-state index contributed by atoms with van der Waals surface area (Å²) in [6.45, 7) is 0. The zero-order valence-corrected chi connectivity index (χ0v) is 11.1. The van der Waals surface area contributed by atoms with Crippen molar-refractivity contribution in [1.29, 1.82) is 0 Å². The van der Waals surface area contributed by atoms with E-state index in [4.69, 9.17) is 5.73 Å². The van der Waals surface area contributed by atoms with E-state index in [0.29, 0.717) is 16.6 Å². The van der Waals surface area contributed by atoms with Crippen LogP contribution in [-0.2, 0) is 10.0 Å². The molecular weight excluding hydrogens is 278 g/mol. The molecule has 0 atom stereocenters. The molecule has 0 spiro atoms. The molecule has 4 N–H and O–H groups in total. The van der Waals surface area contributed by atoms with Gasteiger partial charge in [0.05, 0.1) is 0 Å². The van der Waals surface area contributed by atoms with Crippen LogP contribution in [-0.4, -0.2) is 23.6 Å². The minimum absolute atomic E-state index is 0.137. The third-order valence-electron chi connectivity index (χ3n) is 2.77. The minimum Gasteiger partial charge on any atom is -0.399 e. The first-order valence-electron chi connectivity index (χ1n) is 5.73. The molecule has 0 bridgehead atoms. The molecule has 0 radical (unpaired) electrons. The number of hydrogen-bond acceptors (Lipinski definition) is 5. The molecule has 20 heavy (non-hydrogen) atoms. The SMILES string of the molecule is Nc1ccc2c(S(=O)(=O)Nc3cccnn3)c[nH]c2c1. The maximum atomic E-state index is 12.3. The van der Waals surface area contributed by atoms with Gasteiger partial charge in [0, 0.05) is 29.0 Å². The van der Waals surface area contributed by atoms with Gasteiger partial charge in [0.2, 0.25) is 0 Å². The fourth-order valence-electron chi connectivity index (χ4n) is 1.89. The lowest BCUT2D eigenvalue weighted by molar-refractivity contribution is 0.601. The average molecular weight is 289 g/mol. The summed E-state index contributed by atoms with van der Waals surface area (Å²) in [6.07, 6.45) is 2.88. The van der Waals surface area contributed by atoms with Gasteiger partial charge in [-0.05, 0) is 30.3 Å². The molecule has 0 amide bonds. The Morgan fingerprint density at radius 2 is 2.10 bits per heavy atom. The molecule has 7 nitrogen and oxygen atoms in total. The van der Waals surface area contributed by atoms with Gasteiger partial charge in [0.1, 0.15) is 4.90 Å². The third-order valence-corrected chi connectivity index (χ3v) is 4.16. The Labute approximate surface area is 114 Å². The lowest BCUT2D eigenvalue weighted by Gasteiger charge is -2.05. The number of rotatable bonds is 3. The number of H-pyrrole nitrogens is 1. The van der Waals surface area contributed by atoms with Gasteiger partial charge in [0.25, 0.3) is 10.0 Å². The zero-order chi connectivity index (χ0) is 14.2. The number of anilines is 2. The van der Waals surface area contributed by atoms with Crippen molar-refractivity contribution < 1.29 is 8.42 Å². The summed E-state index contributed by atoms with van der Waals surface area (Å²) in [4.78, 5) is 3.02. The number of nitrogens with two attached hydrogens (primary N) is 1. The van der Waals surface area contributed by atoms with Gasteiger partial charge < -0.3 is 10.7 Å². The van der Waals surface area contributed by atoms with Crippen LogP contribution in [0.1, 0.15) is 0 Å². The monoisotopic (exact) mass is 289 g/mol. The fraction of sp³-hybridized carbons (Fsp3) is 0. The predicted molar refractivity (Wildman–Crippen MR) is 75.6 cm³/mol. The highest BCUT2D eigenvalue weighted by molar-refractivity contribution is 7.93. The van der Waals surface area contributed by atoms with Crippen LogP contribution in [0.2, 0.25) is 0 Å². The van der Waals surface area contributed by atoms with Crippen molar-refractivity contribution in [3.05, 3.63) is 42.7 Å². The number of fused-ring (bicyclic) bond motifs is 1. The largest absolute Gasteiger partial charge is 0.399 e. The average Bonchev–Trinajstić information content (AvgIpc) is 2.83. The van der Waals surface area contributed by atoms with Gasteiger partial charge >= 0.3 is 0 Å².